The van der Waals surface area contributed by atoms with E-state index in [2.05, 4.69) is 40.0 Å². The first-order chi connectivity index (χ1) is 8.97. The molecular weight excluding hydrogens is 347 g/mol. The van der Waals surface area contributed by atoms with Crippen molar-refractivity contribution in [2.75, 3.05) is 24.5 Å². The molecule has 0 spiro atoms. The molecule has 1 aliphatic rings. The van der Waals surface area contributed by atoms with Gasteiger partial charge in [0.05, 0.1) is 15.7 Å². The van der Waals surface area contributed by atoms with E-state index in [9.17, 15) is 0 Å². The lowest BCUT2D eigenvalue weighted by atomic mass is 10.1. The summed E-state index contributed by atoms with van der Waals surface area (Å²) >= 11 is 16.0. The van der Waals surface area contributed by atoms with Gasteiger partial charge in [0.25, 0.3) is 0 Å². The Bertz CT molecular complexity index is 428. The summed E-state index contributed by atoms with van der Waals surface area (Å²) in [6.07, 6.45) is 1.18. The van der Waals surface area contributed by atoms with Crippen molar-refractivity contribution in [3.63, 3.8) is 0 Å². The number of hydrogen-bond acceptors (Lipinski definition) is 2. The highest BCUT2D eigenvalue weighted by Gasteiger charge is 2.25. The molecule has 1 atom stereocenters. The Morgan fingerprint density at radius 2 is 2.00 bits per heavy atom. The van der Waals surface area contributed by atoms with E-state index in [1.165, 1.54) is 6.42 Å². The predicted molar refractivity (Wildman–Crippen MR) is 87.6 cm³/mol. The maximum absolute atomic E-state index is 6.32. The van der Waals surface area contributed by atoms with Crippen molar-refractivity contribution in [3.8, 4) is 0 Å². The Labute approximate surface area is 133 Å². The minimum Gasteiger partial charge on any atom is -0.369 e. The molecule has 1 saturated heterocycles. The first kappa shape index (κ1) is 15.4. The molecule has 106 valence electrons. The van der Waals surface area contributed by atoms with Crippen molar-refractivity contribution in [3.05, 3.63) is 26.7 Å². The van der Waals surface area contributed by atoms with E-state index in [0.717, 1.165) is 39.8 Å². The summed E-state index contributed by atoms with van der Waals surface area (Å²) in [7, 11) is 0. The van der Waals surface area contributed by atoms with Crippen LogP contribution in [-0.4, -0.2) is 25.7 Å². The lowest BCUT2D eigenvalue weighted by Crippen LogP contribution is -2.30. The van der Waals surface area contributed by atoms with Gasteiger partial charge in [-0.25, -0.2) is 0 Å². The normalized spacial score (nSPS) is 19.5. The molecule has 0 aliphatic carbocycles. The summed E-state index contributed by atoms with van der Waals surface area (Å²) < 4.78 is 0.920. The average Bonchev–Trinajstić information content (AvgIpc) is 2.73. The van der Waals surface area contributed by atoms with Crippen molar-refractivity contribution >= 4 is 44.8 Å². The largest absolute Gasteiger partial charge is 0.369 e. The Morgan fingerprint density at radius 3 is 2.58 bits per heavy atom. The zero-order valence-corrected chi connectivity index (χ0v) is 14.3. The third-order valence-corrected chi connectivity index (χ3v) is 4.43. The van der Waals surface area contributed by atoms with Crippen LogP contribution in [0.1, 0.15) is 20.3 Å². The number of anilines is 1. The number of nitrogens with one attached hydrogen (secondary N) is 1. The maximum Gasteiger partial charge on any atom is 0.0745 e. The number of hydrogen-bond donors (Lipinski definition) is 1. The van der Waals surface area contributed by atoms with Crippen LogP contribution in [0.2, 0.25) is 10.0 Å². The molecule has 0 saturated carbocycles. The van der Waals surface area contributed by atoms with E-state index >= 15 is 0 Å². The first-order valence-electron chi connectivity index (χ1n) is 6.60. The van der Waals surface area contributed by atoms with Gasteiger partial charge in [0.1, 0.15) is 0 Å². The lowest BCUT2D eigenvalue weighted by molar-refractivity contribution is 0.480. The molecule has 0 bridgehead atoms. The van der Waals surface area contributed by atoms with E-state index in [4.69, 9.17) is 23.2 Å². The zero-order chi connectivity index (χ0) is 14.0. The molecule has 2 nitrogen and oxygen atoms in total. The third kappa shape index (κ3) is 4.01. The van der Waals surface area contributed by atoms with Crippen LogP contribution in [0.3, 0.4) is 0 Å². The van der Waals surface area contributed by atoms with Gasteiger partial charge in [-0.15, -0.1) is 0 Å². The van der Waals surface area contributed by atoms with Crippen molar-refractivity contribution in [2.45, 2.75) is 26.3 Å². The van der Waals surface area contributed by atoms with Crippen LogP contribution in [0, 0.1) is 5.92 Å². The Balaban J connectivity index is 2.05. The maximum atomic E-state index is 6.32. The van der Waals surface area contributed by atoms with E-state index in [0.29, 0.717) is 12.0 Å². The first-order valence-corrected chi connectivity index (χ1v) is 8.15. The summed E-state index contributed by atoms with van der Waals surface area (Å²) in [6.45, 7) is 7.44. The minimum atomic E-state index is 0.536. The fraction of sp³-hybridized carbons (Fsp3) is 0.571. The summed E-state index contributed by atoms with van der Waals surface area (Å²) in [6, 6.07) is 4.35. The molecule has 1 fully saturated rings. The number of halogens is 3. The molecule has 1 aliphatic heterocycles. The van der Waals surface area contributed by atoms with Crippen molar-refractivity contribution in [2.24, 2.45) is 5.92 Å². The van der Waals surface area contributed by atoms with Crippen LogP contribution in [0.4, 0.5) is 5.69 Å². The Hall–Kier alpha value is 0.0400. The van der Waals surface area contributed by atoms with Gasteiger partial charge in [-0.2, -0.15) is 0 Å². The van der Waals surface area contributed by atoms with Crippen molar-refractivity contribution in [1.29, 1.82) is 0 Å². The molecule has 19 heavy (non-hydrogen) atoms. The number of benzene rings is 1. The van der Waals surface area contributed by atoms with E-state index in [1.54, 1.807) is 0 Å². The van der Waals surface area contributed by atoms with Crippen LogP contribution in [0.5, 0.6) is 0 Å². The highest BCUT2D eigenvalue weighted by molar-refractivity contribution is 9.10. The second kappa shape index (κ2) is 6.66. The van der Waals surface area contributed by atoms with Gasteiger partial charge >= 0.3 is 0 Å². The molecule has 1 N–H and O–H groups in total. The monoisotopic (exact) mass is 364 g/mol. The van der Waals surface area contributed by atoms with Gasteiger partial charge in [-0.3, -0.25) is 0 Å². The summed E-state index contributed by atoms with van der Waals surface area (Å²) in [5.74, 6) is 0.665. The van der Waals surface area contributed by atoms with Crippen LogP contribution in [0.25, 0.3) is 0 Å². The van der Waals surface area contributed by atoms with E-state index in [1.807, 2.05) is 12.1 Å². The van der Waals surface area contributed by atoms with Gasteiger partial charge < -0.3 is 10.2 Å². The van der Waals surface area contributed by atoms with Gasteiger partial charge in [0.2, 0.25) is 0 Å². The lowest BCUT2D eigenvalue weighted by Gasteiger charge is -2.22. The topological polar surface area (TPSA) is 15.3 Å². The van der Waals surface area contributed by atoms with Gasteiger partial charge in [-0.1, -0.05) is 53.0 Å². The third-order valence-electron chi connectivity index (χ3n) is 3.40. The second-order valence-corrected chi connectivity index (χ2v) is 7.11. The van der Waals surface area contributed by atoms with Crippen LogP contribution in [0.15, 0.2) is 16.6 Å². The van der Waals surface area contributed by atoms with Gasteiger partial charge in [-0.05, 0) is 31.0 Å². The minimum absolute atomic E-state index is 0.536. The van der Waals surface area contributed by atoms with Crippen LogP contribution in [-0.2, 0) is 0 Å². The molecule has 1 unspecified atom stereocenters. The quantitative estimate of drug-likeness (QED) is 0.839. The number of rotatable bonds is 4. The molecule has 5 heteroatoms. The zero-order valence-electron chi connectivity index (χ0n) is 11.2. The van der Waals surface area contributed by atoms with Crippen LogP contribution >= 0.6 is 39.1 Å². The van der Waals surface area contributed by atoms with Gasteiger partial charge in [0.15, 0.2) is 0 Å². The summed E-state index contributed by atoms with van der Waals surface area (Å²) in [4.78, 5) is 2.30. The molecule has 2 rings (SSSR count). The fourth-order valence-electron chi connectivity index (χ4n) is 2.44. The molecule has 0 amide bonds. The molecule has 0 aromatic heterocycles. The van der Waals surface area contributed by atoms with Crippen molar-refractivity contribution in [1.82, 2.24) is 5.32 Å². The molecule has 1 heterocycles. The van der Waals surface area contributed by atoms with Crippen LogP contribution < -0.4 is 10.2 Å². The predicted octanol–water partition coefficient (Wildman–Crippen LogP) is 4.58. The molecule has 1 aromatic carbocycles. The average molecular weight is 366 g/mol. The molecule has 0 radical (unpaired) electrons. The highest BCUT2D eigenvalue weighted by atomic mass is 79.9. The standard InChI is InChI=1S/C14H19BrCl2N2/c1-9(2)18-7-10-3-4-19(8-10)14-12(16)5-11(15)6-13(14)17/h5-6,9-10,18H,3-4,7-8H2,1-2H3. The Kier molecular flexibility index (Phi) is 5.41. The van der Waals surface area contributed by atoms with E-state index < -0.39 is 0 Å². The molecular formula is C14H19BrCl2N2. The summed E-state index contributed by atoms with van der Waals surface area (Å²) in [5, 5.41) is 4.94. The van der Waals surface area contributed by atoms with Gasteiger partial charge in [0, 0.05) is 23.6 Å². The fourth-order valence-corrected chi connectivity index (χ4v) is 3.89. The Morgan fingerprint density at radius 1 is 1.37 bits per heavy atom. The number of nitrogens with zero attached hydrogens (tertiary/aromatic N) is 1. The van der Waals surface area contributed by atoms with E-state index in [-0.39, 0.29) is 0 Å². The molecule has 1 aromatic rings. The van der Waals surface area contributed by atoms with Crippen molar-refractivity contribution < 1.29 is 0 Å². The summed E-state index contributed by atoms with van der Waals surface area (Å²) in [5.41, 5.74) is 0.971. The highest BCUT2D eigenvalue weighted by Crippen LogP contribution is 2.38. The SMILES string of the molecule is CC(C)NCC1CCN(c2c(Cl)cc(Br)cc2Cl)C1. The second-order valence-electron chi connectivity index (χ2n) is 5.38. The smallest absolute Gasteiger partial charge is 0.0745 e.